The topological polar surface area (TPSA) is 156 Å². The van der Waals surface area contributed by atoms with Gasteiger partial charge in [-0.05, 0) is 24.6 Å². The second kappa shape index (κ2) is 14.2. The Balaban J connectivity index is 1.15. The van der Waals surface area contributed by atoms with Gasteiger partial charge in [0.1, 0.15) is 0 Å². The maximum absolute atomic E-state index is 11.5. The van der Waals surface area contributed by atoms with E-state index < -0.39 is 5.97 Å². The first-order valence-electron chi connectivity index (χ1n) is 16.1. The van der Waals surface area contributed by atoms with Gasteiger partial charge in [0, 0.05) is 78.9 Å². The summed E-state index contributed by atoms with van der Waals surface area (Å²) in [7, 11) is 3.14. The van der Waals surface area contributed by atoms with E-state index >= 15 is 0 Å². The van der Waals surface area contributed by atoms with E-state index in [1.54, 1.807) is 31.1 Å². The van der Waals surface area contributed by atoms with Crippen LogP contribution >= 0.6 is 23.2 Å². The minimum absolute atomic E-state index is 0.0877. The first-order valence-corrected chi connectivity index (χ1v) is 16.8. The molecule has 0 bridgehead atoms. The molecule has 2 aliphatic heterocycles. The highest BCUT2D eigenvalue weighted by Gasteiger charge is 2.33. The van der Waals surface area contributed by atoms with E-state index in [4.69, 9.17) is 37.7 Å². The second-order valence-corrected chi connectivity index (χ2v) is 13.1. The van der Waals surface area contributed by atoms with Gasteiger partial charge in [0.15, 0.2) is 17.2 Å². The fourth-order valence-electron chi connectivity index (χ4n) is 6.34. The zero-order valence-electron chi connectivity index (χ0n) is 27.3. The summed E-state index contributed by atoms with van der Waals surface area (Å²) < 4.78 is 12.9. The van der Waals surface area contributed by atoms with Gasteiger partial charge in [0.05, 0.1) is 48.1 Å². The molecule has 1 aromatic carbocycles. The number of carbonyl (C=O) groups excluding carboxylic acids is 1. The van der Waals surface area contributed by atoms with Crippen LogP contribution in [0.1, 0.15) is 24.2 Å². The van der Waals surface area contributed by atoms with Crippen LogP contribution in [0.25, 0.3) is 39.3 Å². The Labute approximate surface area is 297 Å². The molecule has 0 unspecified atom stereocenters. The fraction of sp³-hybridized carbons (Fsp3) is 0.314. The van der Waals surface area contributed by atoms with Crippen LogP contribution in [-0.4, -0.2) is 86.3 Å². The number of methoxy groups -OCH3 is 2. The van der Waals surface area contributed by atoms with E-state index in [1.807, 2.05) is 47.4 Å². The monoisotopic (exact) mass is 716 g/mol. The number of likely N-dealkylation sites (tertiary alicyclic amines) is 1. The molecule has 2 saturated heterocycles. The minimum atomic E-state index is -0.793. The highest BCUT2D eigenvalue weighted by atomic mass is 35.5. The Kier molecular flexibility index (Phi) is 9.56. The van der Waals surface area contributed by atoms with Crippen molar-refractivity contribution in [1.82, 2.24) is 40.1 Å². The number of hydrogen-bond donors (Lipinski definition) is 3. The van der Waals surface area contributed by atoms with Gasteiger partial charge in [-0.2, -0.15) is 0 Å². The lowest BCUT2D eigenvalue weighted by atomic mass is 10.00. The molecular formula is C35H34Cl2N8O5. The van der Waals surface area contributed by atoms with Crippen molar-refractivity contribution in [2.75, 3.05) is 33.9 Å². The molecule has 3 N–H and O–H groups in total. The van der Waals surface area contributed by atoms with E-state index in [1.165, 1.54) is 0 Å². The van der Waals surface area contributed by atoms with Gasteiger partial charge >= 0.3 is 5.97 Å². The molecule has 5 aromatic rings. The largest absolute Gasteiger partial charge is 0.493 e. The Bertz CT molecular complexity index is 2100. The molecule has 2 aliphatic rings. The summed E-state index contributed by atoms with van der Waals surface area (Å²) in [4.78, 5) is 38.7. The fourth-order valence-corrected chi connectivity index (χ4v) is 6.98. The number of aromatic nitrogens is 5. The summed E-state index contributed by atoms with van der Waals surface area (Å²) >= 11 is 14.2. The van der Waals surface area contributed by atoms with Gasteiger partial charge in [-0.25, -0.2) is 14.5 Å². The van der Waals surface area contributed by atoms with Crippen LogP contribution in [0.2, 0.25) is 10.0 Å². The first-order chi connectivity index (χ1) is 24.2. The van der Waals surface area contributed by atoms with Crippen LogP contribution in [0, 0.1) is 5.92 Å². The van der Waals surface area contributed by atoms with Crippen LogP contribution in [-0.2, 0) is 22.7 Å². The zero-order valence-corrected chi connectivity index (χ0v) is 28.8. The minimum Gasteiger partial charge on any atom is -0.493 e. The average Bonchev–Trinajstić information content (AvgIpc) is 3.71. The lowest BCUT2D eigenvalue weighted by molar-refractivity contribution is -0.147. The number of amides is 1. The van der Waals surface area contributed by atoms with Crippen molar-refractivity contribution in [3.63, 3.8) is 0 Å². The summed E-state index contributed by atoms with van der Waals surface area (Å²) in [5, 5.41) is 21.0. The van der Waals surface area contributed by atoms with E-state index in [0.717, 1.165) is 12.0 Å². The van der Waals surface area contributed by atoms with E-state index in [2.05, 4.69) is 25.7 Å². The SMILES string of the molecule is COc1nc(-c2cccc(-c3ccnc(-c4cc(OC)c5nc(CN6CC(C(=O)O)C6)nn5c4)c3Cl)c2Cl)ccc1CNC[C@H]1CCC(=O)N1. The van der Waals surface area contributed by atoms with Gasteiger partial charge in [0.2, 0.25) is 11.8 Å². The number of nitrogens with zero attached hydrogens (tertiary/aromatic N) is 6. The molecule has 13 nitrogen and oxygen atoms in total. The van der Waals surface area contributed by atoms with E-state index in [-0.39, 0.29) is 17.9 Å². The van der Waals surface area contributed by atoms with E-state index in [9.17, 15) is 14.7 Å². The van der Waals surface area contributed by atoms with Crippen molar-refractivity contribution < 1.29 is 24.2 Å². The summed E-state index contributed by atoms with van der Waals surface area (Å²) in [6.07, 6.45) is 4.84. The number of carboxylic acids is 1. The van der Waals surface area contributed by atoms with Crippen molar-refractivity contribution in [2.24, 2.45) is 5.92 Å². The molecule has 1 amide bonds. The van der Waals surface area contributed by atoms with Crippen molar-refractivity contribution in [2.45, 2.75) is 32.0 Å². The van der Waals surface area contributed by atoms with Crippen molar-refractivity contribution in [1.29, 1.82) is 0 Å². The predicted octanol–water partition coefficient (Wildman–Crippen LogP) is 4.73. The summed E-state index contributed by atoms with van der Waals surface area (Å²) in [6, 6.07) is 13.3. The Morgan fingerprint density at radius 2 is 1.86 bits per heavy atom. The number of carbonyl (C=O) groups is 2. The van der Waals surface area contributed by atoms with Gasteiger partial charge in [-0.1, -0.05) is 47.5 Å². The van der Waals surface area contributed by atoms with Gasteiger partial charge in [-0.15, -0.1) is 5.10 Å². The second-order valence-electron chi connectivity index (χ2n) is 12.3. The molecule has 258 valence electrons. The number of hydrogen-bond acceptors (Lipinski definition) is 10. The Hall–Kier alpha value is -4.82. The lowest BCUT2D eigenvalue weighted by Crippen LogP contribution is -2.49. The van der Waals surface area contributed by atoms with E-state index in [0.29, 0.717) is 106 Å². The third-order valence-corrected chi connectivity index (χ3v) is 9.78. The molecule has 0 aliphatic carbocycles. The number of aliphatic carboxylic acids is 1. The first kappa shape index (κ1) is 33.7. The van der Waals surface area contributed by atoms with Crippen LogP contribution in [0.15, 0.2) is 54.9 Å². The highest BCUT2D eigenvalue weighted by molar-refractivity contribution is 6.39. The molecule has 0 radical (unpaired) electrons. The molecule has 1 atom stereocenters. The normalized spacial score (nSPS) is 16.4. The van der Waals surface area contributed by atoms with Crippen LogP contribution in [0.5, 0.6) is 11.6 Å². The molecule has 7 rings (SSSR count). The maximum Gasteiger partial charge on any atom is 0.309 e. The quantitative estimate of drug-likeness (QED) is 0.164. The summed E-state index contributed by atoms with van der Waals surface area (Å²) in [6.45, 7) is 2.53. The number of fused-ring (bicyclic) bond motifs is 1. The molecule has 15 heteroatoms. The van der Waals surface area contributed by atoms with Gasteiger partial charge in [-0.3, -0.25) is 19.5 Å². The number of halogens is 2. The molecule has 0 saturated carbocycles. The molecule has 4 aromatic heterocycles. The summed E-state index contributed by atoms with van der Waals surface area (Å²) in [5.41, 5.74) is 5.30. The molecule has 50 heavy (non-hydrogen) atoms. The van der Waals surface area contributed by atoms with Crippen molar-refractivity contribution in [3.05, 3.63) is 76.3 Å². The standard InChI is InChI=1S/C35H34Cl2N8O5/c1-49-27-12-20(17-45-33(27)42-28(43-45)18-44-15-21(16-44)35(47)48)32-31(37)24(10-11-39-32)23-4-3-5-25(30(23)36)26-8-6-19(34(41-26)50-2)13-38-14-22-7-9-29(46)40-22/h3-6,8,10-12,17,21-22,38H,7,9,13-16,18H2,1-2H3,(H,40,46)(H,47,48)/t22-/m1/s1. The third kappa shape index (κ3) is 6.69. The predicted molar refractivity (Wildman–Crippen MR) is 187 cm³/mol. The highest BCUT2D eigenvalue weighted by Crippen LogP contribution is 2.42. The van der Waals surface area contributed by atoms with Crippen LogP contribution < -0.4 is 20.1 Å². The smallest absolute Gasteiger partial charge is 0.309 e. The number of rotatable bonds is 12. The lowest BCUT2D eigenvalue weighted by Gasteiger charge is -2.35. The van der Waals surface area contributed by atoms with Crippen molar-refractivity contribution in [3.8, 4) is 45.3 Å². The molecule has 0 spiro atoms. The Morgan fingerprint density at radius 3 is 2.60 bits per heavy atom. The van der Waals surface area contributed by atoms with Gasteiger partial charge in [0.25, 0.3) is 0 Å². The molecule has 2 fully saturated rings. The number of carboxylic acid groups (broad SMARTS) is 1. The zero-order chi connectivity index (χ0) is 34.9. The average molecular weight is 718 g/mol. The number of ether oxygens (including phenoxy) is 2. The van der Waals surface area contributed by atoms with Crippen molar-refractivity contribution >= 4 is 40.7 Å². The van der Waals surface area contributed by atoms with Gasteiger partial charge < -0.3 is 25.2 Å². The summed E-state index contributed by atoms with van der Waals surface area (Å²) in [5.74, 6) is 0.443. The number of nitrogens with one attached hydrogen (secondary N) is 2. The number of pyridine rings is 3. The molecular weight excluding hydrogens is 683 g/mol. The number of benzene rings is 1. The molecule has 6 heterocycles. The Morgan fingerprint density at radius 1 is 1.06 bits per heavy atom. The third-order valence-electron chi connectivity index (χ3n) is 8.99. The van der Waals surface area contributed by atoms with Crippen LogP contribution in [0.3, 0.4) is 0 Å². The van der Waals surface area contributed by atoms with Crippen LogP contribution in [0.4, 0.5) is 0 Å². The maximum atomic E-state index is 11.5.